The van der Waals surface area contributed by atoms with Crippen molar-refractivity contribution in [2.24, 2.45) is 0 Å². The fourth-order valence-electron chi connectivity index (χ4n) is 3.45. The maximum atomic E-state index is 12.9. The van der Waals surface area contributed by atoms with E-state index < -0.39 is 35.6 Å². The summed E-state index contributed by atoms with van der Waals surface area (Å²) >= 11 is 0. The highest BCUT2D eigenvalue weighted by molar-refractivity contribution is 5.86. The predicted octanol–water partition coefficient (Wildman–Crippen LogP) is 4.65. The number of rotatable bonds is 7. The molecule has 0 bridgehead atoms. The molecule has 0 aliphatic rings. The fraction of sp³-hybridized carbons (Fsp3) is 0.167. The second-order valence-corrected chi connectivity index (χ2v) is 7.06. The molecule has 0 spiro atoms. The van der Waals surface area contributed by atoms with Gasteiger partial charge >= 0.3 is 12.1 Å². The molecule has 0 saturated carbocycles. The van der Waals surface area contributed by atoms with Crippen LogP contribution in [0.2, 0.25) is 0 Å². The van der Waals surface area contributed by atoms with Gasteiger partial charge in [0, 0.05) is 5.92 Å². The summed E-state index contributed by atoms with van der Waals surface area (Å²) in [6.07, 6.45) is -4.90. The van der Waals surface area contributed by atoms with Crippen LogP contribution in [0.5, 0.6) is 0 Å². The average Bonchev–Trinajstić information content (AvgIpc) is 2.74. The van der Waals surface area contributed by atoms with Gasteiger partial charge in [-0.3, -0.25) is 4.79 Å². The Labute approximate surface area is 177 Å². The SMILES string of the molecule is O=C(Cc1cccc(C(F)(F)F)c1)N[C@H](C(=O)O)C(c1ccccc1)c1ccccc1. The van der Waals surface area contributed by atoms with Crippen molar-refractivity contribution in [1.82, 2.24) is 5.32 Å². The molecule has 0 fully saturated rings. The van der Waals surface area contributed by atoms with Gasteiger partial charge in [-0.25, -0.2) is 4.79 Å². The maximum Gasteiger partial charge on any atom is 0.416 e. The summed E-state index contributed by atoms with van der Waals surface area (Å²) in [5, 5.41) is 12.4. The molecule has 2 N–H and O–H groups in total. The zero-order chi connectivity index (χ0) is 22.4. The Morgan fingerprint density at radius 3 is 1.87 bits per heavy atom. The van der Waals surface area contributed by atoms with Crippen molar-refractivity contribution in [2.75, 3.05) is 0 Å². The van der Waals surface area contributed by atoms with Crippen LogP contribution >= 0.6 is 0 Å². The van der Waals surface area contributed by atoms with Gasteiger partial charge < -0.3 is 10.4 Å². The Morgan fingerprint density at radius 2 is 1.39 bits per heavy atom. The highest BCUT2D eigenvalue weighted by Gasteiger charge is 2.33. The van der Waals surface area contributed by atoms with Gasteiger partial charge in [0.15, 0.2) is 0 Å². The van der Waals surface area contributed by atoms with E-state index >= 15 is 0 Å². The third-order valence-corrected chi connectivity index (χ3v) is 4.85. The predicted molar refractivity (Wildman–Crippen MR) is 109 cm³/mol. The summed E-state index contributed by atoms with van der Waals surface area (Å²) in [5.41, 5.74) is 0.674. The summed E-state index contributed by atoms with van der Waals surface area (Å²) in [6, 6.07) is 20.9. The first kappa shape index (κ1) is 22.1. The smallest absolute Gasteiger partial charge is 0.416 e. The molecule has 1 atom stereocenters. The topological polar surface area (TPSA) is 66.4 Å². The van der Waals surface area contributed by atoms with Gasteiger partial charge in [0.05, 0.1) is 12.0 Å². The number of carboxylic acid groups (broad SMARTS) is 1. The molecule has 0 aromatic heterocycles. The minimum atomic E-state index is -4.53. The molecule has 0 aliphatic heterocycles. The molecule has 3 rings (SSSR count). The Balaban J connectivity index is 1.87. The highest BCUT2D eigenvalue weighted by atomic mass is 19.4. The van der Waals surface area contributed by atoms with E-state index in [0.29, 0.717) is 11.1 Å². The third-order valence-electron chi connectivity index (χ3n) is 4.85. The summed E-state index contributed by atoms with van der Waals surface area (Å²) in [7, 11) is 0. The fourth-order valence-corrected chi connectivity index (χ4v) is 3.45. The van der Waals surface area contributed by atoms with E-state index in [0.717, 1.165) is 12.1 Å². The van der Waals surface area contributed by atoms with Crippen LogP contribution < -0.4 is 5.32 Å². The summed E-state index contributed by atoms with van der Waals surface area (Å²) in [4.78, 5) is 24.7. The average molecular weight is 427 g/mol. The van der Waals surface area contributed by atoms with Crippen molar-refractivity contribution in [3.8, 4) is 0 Å². The number of carbonyl (C=O) groups is 2. The van der Waals surface area contributed by atoms with Gasteiger partial charge in [0.2, 0.25) is 5.91 Å². The summed E-state index contributed by atoms with van der Waals surface area (Å²) in [5.74, 6) is -2.59. The van der Waals surface area contributed by atoms with Crippen molar-refractivity contribution < 1.29 is 27.9 Å². The van der Waals surface area contributed by atoms with Gasteiger partial charge in [-0.15, -0.1) is 0 Å². The van der Waals surface area contributed by atoms with Crippen LogP contribution in [0.15, 0.2) is 84.9 Å². The Bertz CT molecular complexity index is 997. The third kappa shape index (κ3) is 5.72. The molecule has 0 radical (unpaired) electrons. The largest absolute Gasteiger partial charge is 0.480 e. The normalized spacial score (nSPS) is 12.4. The van der Waals surface area contributed by atoms with Crippen LogP contribution in [0.4, 0.5) is 13.2 Å². The molecule has 3 aromatic carbocycles. The summed E-state index contributed by atoms with van der Waals surface area (Å²) < 4.78 is 38.8. The zero-order valence-electron chi connectivity index (χ0n) is 16.3. The van der Waals surface area contributed by atoms with Crippen molar-refractivity contribution in [1.29, 1.82) is 0 Å². The lowest BCUT2D eigenvalue weighted by Crippen LogP contribution is -2.46. The second-order valence-electron chi connectivity index (χ2n) is 7.06. The summed E-state index contributed by atoms with van der Waals surface area (Å²) in [6.45, 7) is 0. The lowest BCUT2D eigenvalue weighted by molar-refractivity contribution is -0.142. The van der Waals surface area contributed by atoms with Crippen molar-refractivity contribution in [2.45, 2.75) is 24.6 Å². The lowest BCUT2D eigenvalue weighted by atomic mass is 9.85. The maximum absolute atomic E-state index is 12.9. The van der Waals surface area contributed by atoms with E-state index in [1.54, 1.807) is 60.7 Å². The number of amides is 1. The van der Waals surface area contributed by atoms with Crippen molar-refractivity contribution >= 4 is 11.9 Å². The molecule has 4 nitrogen and oxygen atoms in total. The van der Waals surface area contributed by atoms with Gasteiger partial charge in [-0.1, -0.05) is 78.9 Å². The molecule has 0 aliphatic carbocycles. The number of halogens is 3. The number of hydrogen-bond donors (Lipinski definition) is 2. The zero-order valence-corrected chi connectivity index (χ0v) is 16.3. The molecule has 31 heavy (non-hydrogen) atoms. The Kier molecular flexibility index (Phi) is 6.74. The number of benzene rings is 3. The first-order chi connectivity index (χ1) is 14.8. The van der Waals surface area contributed by atoms with Crippen molar-refractivity contribution in [3.05, 3.63) is 107 Å². The molecular weight excluding hydrogens is 407 g/mol. The van der Waals surface area contributed by atoms with Gasteiger partial charge in [0.25, 0.3) is 0 Å². The minimum absolute atomic E-state index is 0.146. The molecule has 0 saturated heterocycles. The Morgan fingerprint density at radius 1 is 0.839 bits per heavy atom. The number of carbonyl (C=O) groups excluding carboxylic acids is 1. The standard InChI is InChI=1S/C24H20F3NO3/c25-24(26,27)19-13-7-8-16(14-19)15-20(29)28-22(23(30)31)21(17-9-3-1-4-10-17)18-11-5-2-6-12-18/h1-14,21-22H,15H2,(H,28,29)(H,30,31)/t22-/m0/s1. The van der Waals surface area contributed by atoms with Crippen molar-refractivity contribution in [3.63, 3.8) is 0 Å². The minimum Gasteiger partial charge on any atom is -0.480 e. The molecule has 0 unspecified atom stereocenters. The van der Waals surface area contributed by atoms with Gasteiger partial charge in [-0.05, 0) is 22.8 Å². The molecule has 7 heteroatoms. The van der Waals surface area contributed by atoms with E-state index in [1.165, 1.54) is 12.1 Å². The van der Waals surface area contributed by atoms with Crippen LogP contribution in [0.25, 0.3) is 0 Å². The molecule has 160 valence electrons. The number of carboxylic acids is 1. The lowest BCUT2D eigenvalue weighted by Gasteiger charge is -2.26. The molecular formula is C24H20F3NO3. The number of aliphatic carboxylic acids is 1. The van der Waals surface area contributed by atoms with E-state index in [2.05, 4.69) is 5.32 Å². The van der Waals surface area contributed by atoms with E-state index in [9.17, 15) is 27.9 Å². The number of nitrogens with one attached hydrogen (secondary N) is 1. The molecule has 1 amide bonds. The van der Waals surface area contributed by atoms with Crippen LogP contribution in [-0.2, 0) is 22.2 Å². The van der Waals surface area contributed by atoms with Gasteiger partial charge in [-0.2, -0.15) is 13.2 Å². The molecule has 3 aromatic rings. The highest BCUT2D eigenvalue weighted by Crippen LogP contribution is 2.30. The van der Waals surface area contributed by atoms with E-state index in [1.807, 2.05) is 0 Å². The van der Waals surface area contributed by atoms with Crippen LogP contribution in [-0.4, -0.2) is 23.0 Å². The van der Waals surface area contributed by atoms with Gasteiger partial charge in [0.1, 0.15) is 6.04 Å². The van der Waals surface area contributed by atoms with E-state index in [4.69, 9.17) is 0 Å². The first-order valence-electron chi connectivity index (χ1n) is 9.54. The van der Waals surface area contributed by atoms with Crippen LogP contribution in [0, 0.1) is 0 Å². The Hall–Kier alpha value is -3.61. The van der Waals surface area contributed by atoms with E-state index in [-0.39, 0.29) is 12.0 Å². The quantitative estimate of drug-likeness (QED) is 0.577. The van der Waals surface area contributed by atoms with Crippen LogP contribution in [0.1, 0.15) is 28.2 Å². The second kappa shape index (κ2) is 9.47. The monoisotopic (exact) mass is 427 g/mol. The number of hydrogen-bond acceptors (Lipinski definition) is 2. The first-order valence-corrected chi connectivity index (χ1v) is 9.54. The van der Waals surface area contributed by atoms with Crippen LogP contribution in [0.3, 0.4) is 0 Å². The molecule has 0 heterocycles. The number of alkyl halides is 3.